The number of halogens is 1. The standard InChI is InChI=1S/C15H12BrN3O/c16-14-3-1-2-12(18-14)13-9-17-15-8-11(6-7-19(13)15)20-10-4-5-10/h1-3,6-10H,4-5H2. The molecule has 0 unspecified atom stereocenters. The maximum absolute atomic E-state index is 5.79. The summed E-state index contributed by atoms with van der Waals surface area (Å²) in [6, 6.07) is 9.81. The lowest BCUT2D eigenvalue weighted by atomic mass is 10.3. The normalized spacial score (nSPS) is 14.7. The zero-order valence-electron chi connectivity index (χ0n) is 10.7. The molecule has 0 aromatic carbocycles. The third-order valence-electron chi connectivity index (χ3n) is 3.29. The largest absolute Gasteiger partial charge is 0.490 e. The number of nitrogens with zero attached hydrogens (tertiary/aromatic N) is 3. The molecule has 0 atom stereocenters. The maximum atomic E-state index is 5.79. The number of rotatable bonds is 3. The van der Waals surface area contributed by atoms with E-state index < -0.39 is 0 Å². The highest BCUT2D eigenvalue weighted by Gasteiger charge is 2.23. The van der Waals surface area contributed by atoms with Crippen LogP contribution in [0.5, 0.6) is 5.75 Å². The SMILES string of the molecule is Brc1cccc(-c2cnc3cc(OC4CC4)ccn23)n1. The van der Waals surface area contributed by atoms with Crippen molar-refractivity contribution in [1.82, 2.24) is 14.4 Å². The molecule has 1 aliphatic rings. The van der Waals surface area contributed by atoms with Gasteiger partial charge >= 0.3 is 0 Å². The lowest BCUT2D eigenvalue weighted by Crippen LogP contribution is -1.97. The quantitative estimate of drug-likeness (QED) is 0.688. The van der Waals surface area contributed by atoms with Crippen LogP contribution in [0.3, 0.4) is 0 Å². The number of pyridine rings is 2. The van der Waals surface area contributed by atoms with E-state index in [2.05, 4.69) is 25.9 Å². The van der Waals surface area contributed by atoms with Crippen LogP contribution in [0.4, 0.5) is 0 Å². The van der Waals surface area contributed by atoms with Crippen LogP contribution in [0.1, 0.15) is 12.8 Å². The molecular formula is C15H12BrN3O. The van der Waals surface area contributed by atoms with Gasteiger partial charge in [-0.1, -0.05) is 6.07 Å². The van der Waals surface area contributed by atoms with Gasteiger partial charge in [0.2, 0.25) is 0 Å². The lowest BCUT2D eigenvalue weighted by Gasteiger charge is -2.05. The summed E-state index contributed by atoms with van der Waals surface area (Å²) in [6.07, 6.45) is 6.54. The molecule has 0 radical (unpaired) electrons. The fourth-order valence-electron chi connectivity index (χ4n) is 2.15. The van der Waals surface area contributed by atoms with Gasteiger partial charge in [-0.2, -0.15) is 0 Å². The van der Waals surface area contributed by atoms with Gasteiger partial charge in [0.15, 0.2) is 0 Å². The molecule has 20 heavy (non-hydrogen) atoms. The van der Waals surface area contributed by atoms with Crippen molar-refractivity contribution in [3.63, 3.8) is 0 Å². The second kappa shape index (κ2) is 4.59. The van der Waals surface area contributed by atoms with Crippen LogP contribution >= 0.6 is 15.9 Å². The summed E-state index contributed by atoms with van der Waals surface area (Å²) < 4.78 is 8.63. The summed E-state index contributed by atoms with van der Waals surface area (Å²) in [5.74, 6) is 0.888. The van der Waals surface area contributed by atoms with Gasteiger partial charge < -0.3 is 4.74 Å². The Morgan fingerprint density at radius 1 is 1.25 bits per heavy atom. The van der Waals surface area contributed by atoms with Crippen LogP contribution in [0.15, 0.2) is 47.3 Å². The summed E-state index contributed by atoms with van der Waals surface area (Å²) in [4.78, 5) is 8.91. The topological polar surface area (TPSA) is 39.4 Å². The third kappa shape index (κ3) is 2.18. The van der Waals surface area contributed by atoms with Gasteiger partial charge in [0.25, 0.3) is 0 Å². The summed E-state index contributed by atoms with van der Waals surface area (Å²) >= 11 is 3.40. The highest BCUT2D eigenvalue weighted by molar-refractivity contribution is 9.10. The monoisotopic (exact) mass is 329 g/mol. The molecular weight excluding hydrogens is 318 g/mol. The molecule has 100 valence electrons. The van der Waals surface area contributed by atoms with Crippen molar-refractivity contribution < 1.29 is 4.74 Å². The zero-order valence-corrected chi connectivity index (χ0v) is 12.2. The number of fused-ring (bicyclic) bond motifs is 1. The molecule has 1 fully saturated rings. The van der Waals surface area contributed by atoms with E-state index in [4.69, 9.17) is 4.74 Å². The van der Waals surface area contributed by atoms with Crippen molar-refractivity contribution >= 4 is 21.6 Å². The van der Waals surface area contributed by atoms with Crippen LogP contribution in [-0.4, -0.2) is 20.5 Å². The van der Waals surface area contributed by atoms with Crippen molar-refractivity contribution in [3.8, 4) is 17.1 Å². The Morgan fingerprint density at radius 2 is 2.15 bits per heavy atom. The Labute approximate surface area is 124 Å². The molecule has 4 rings (SSSR count). The van der Waals surface area contributed by atoms with Gasteiger partial charge in [0.05, 0.1) is 23.7 Å². The first-order chi connectivity index (χ1) is 9.79. The van der Waals surface area contributed by atoms with Crippen molar-refractivity contribution in [2.75, 3.05) is 0 Å². The summed E-state index contributed by atoms with van der Waals surface area (Å²) in [5, 5.41) is 0. The molecule has 0 saturated heterocycles. The summed E-state index contributed by atoms with van der Waals surface area (Å²) in [6.45, 7) is 0. The fraction of sp³-hybridized carbons (Fsp3) is 0.200. The van der Waals surface area contributed by atoms with E-state index in [1.807, 2.05) is 47.1 Å². The number of hydrogen-bond acceptors (Lipinski definition) is 3. The van der Waals surface area contributed by atoms with Gasteiger partial charge in [-0.15, -0.1) is 0 Å². The van der Waals surface area contributed by atoms with Crippen LogP contribution in [0.2, 0.25) is 0 Å². The highest BCUT2D eigenvalue weighted by atomic mass is 79.9. The van der Waals surface area contributed by atoms with Gasteiger partial charge in [-0.25, -0.2) is 9.97 Å². The zero-order chi connectivity index (χ0) is 13.5. The van der Waals surface area contributed by atoms with Gasteiger partial charge in [0.1, 0.15) is 16.0 Å². The minimum atomic E-state index is 0.402. The first kappa shape index (κ1) is 11.9. The number of hydrogen-bond donors (Lipinski definition) is 0. The summed E-state index contributed by atoms with van der Waals surface area (Å²) in [7, 11) is 0. The minimum absolute atomic E-state index is 0.402. The van der Waals surface area contributed by atoms with Crippen LogP contribution in [0.25, 0.3) is 17.0 Å². The molecule has 5 heteroatoms. The minimum Gasteiger partial charge on any atom is -0.490 e. The van der Waals surface area contributed by atoms with Gasteiger partial charge in [0, 0.05) is 12.3 Å². The van der Waals surface area contributed by atoms with E-state index in [1.165, 1.54) is 0 Å². The molecule has 0 spiro atoms. The van der Waals surface area contributed by atoms with Crippen molar-refractivity contribution in [2.24, 2.45) is 0 Å². The van der Waals surface area contributed by atoms with E-state index >= 15 is 0 Å². The molecule has 1 aliphatic carbocycles. The van der Waals surface area contributed by atoms with Gasteiger partial charge in [-0.05, 0) is 47.0 Å². The summed E-state index contributed by atoms with van der Waals surface area (Å²) in [5.41, 5.74) is 2.74. The van der Waals surface area contributed by atoms with E-state index in [0.717, 1.165) is 40.2 Å². The Bertz CT molecular complexity index is 780. The first-order valence-electron chi connectivity index (χ1n) is 6.56. The predicted octanol–water partition coefficient (Wildman–Crippen LogP) is 3.70. The Kier molecular flexibility index (Phi) is 2.73. The van der Waals surface area contributed by atoms with Crippen molar-refractivity contribution in [1.29, 1.82) is 0 Å². The maximum Gasteiger partial charge on any atom is 0.140 e. The molecule has 3 aromatic rings. The Balaban J connectivity index is 1.77. The van der Waals surface area contributed by atoms with E-state index in [0.29, 0.717) is 6.10 Å². The highest BCUT2D eigenvalue weighted by Crippen LogP contribution is 2.28. The molecule has 0 aliphatic heterocycles. The number of aromatic nitrogens is 3. The Hall–Kier alpha value is -1.88. The van der Waals surface area contributed by atoms with Crippen molar-refractivity contribution in [3.05, 3.63) is 47.3 Å². The molecule has 3 heterocycles. The Morgan fingerprint density at radius 3 is 2.95 bits per heavy atom. The molecule has 3 aromatic heterocycles. The van der Waals surface area contributed by atoms with E-state index in [1.54, 1.807) is 0 Å². The third-order valence-corrected chi connectivity index (χ3v) is 3.73. The molecule has 4 nitrogen and oxygen atoms in total. The number of imidazole rings is 1. The average Bonchev–Trinajstić information content (AvgIpc) is 3.16. The van der Waals surface area contributed by atoms with E-state index in [9.17, 15) is 0 Å². The van der Waals surface area contributed by atoms with Crippen LogP contribution < -0.4 is 4.74 Å². The molecule has 0 amide bonds. The number of ether oxygens (including phenoxy) is 1. The molecule has 0 N–H and O–H groups in total. The lowest BCUT2D eigenvalue weighted by molar-refractivity contribution is 0.303. The van der Waals surface area contributed by atoms with Crippen LogP contribution in [0, 0.1) is 0 Å². The predicted molar refractivity (Wildman–Crippen MR) is 79.8 cm³/mol. The molecule has 1 saturated carbocycles. The average molecular weight is 330 g/mol. The fourth-order valence-corrected chi connectivity index (χ4v) is 2.50. The van der Waals surface area contributed by atoms with Crippen LogP contribution in [-0.2, 0) is 0 Å². The first-order valence-corrected chi connectivity index (χ1v) is 7.35. The van der Waals surface area contributed by atoms with Gasteiger partial charge in [-0.3, -0.25) is 4.40 Å². The smallest absolute Gasteiger partial charge is 0.140 e. The van der Waals surface area contributed by atoms with E-state index in [-0.39, 0.29) is 0 Å². The molecule has 0 bridgehead atoms. The second-order valence-electron chi connectivity index (χ2n) is 4.90. The second-order valence-corrected chi connectivity index (χ2v) is 5.71. The van der Waals surface area contributed by atoms with Crippen molar-refractivity contribution in [2.45, 2.75) is 18.9 Å².